The van der Waals surface area contributed by atoms with Gasteiger partial charge in [-0.1, -0.05) is 0 Å². The van der Waals surface area contributed by atoms with Crippen molar-refractivity contribution in [3.63, 3.8) is 0 Å². The fourth-order valence-electron chi connectivity index (χ4n) is 2.20. The van der Waals surface area contributed by atoms with E-state index in [2.05, 4.69) is 0 Å². The zero-order chi connectivity index (χ0) is 11.5. The minimum atomic E-state index is -0.511. The van der Waals surface area contributed by atoms with Crippen LogP contribution in [0.2, 0.25) is 0 Å². The molecule has 1 aliphatic carbocycles. The van der Waals surface area contributed by atoms with Crippen LogP contribution in [0.5, 0.6) is 0 Å². The maximum absolute atomic E-state index is 12.1. The number of allylic oxidation sites excluding steroid dienone is 2. The molecular weight excluding hydrogens is 190 g/mol. The molecule has 0 aromatic carbocycles. The molecule has 15 heavy (non-hydrogen) atoms. The van der Waals surface area contributed by atoms with E-state index in [0.717, 1.165) is 11.3 Å². The van der Waals surface area contributed by atoms with Gasteiger partial charge in [0.2, 0.25) is 0 Å². The van der Waals surface area contributed by atoms with E-state index in [1.54, 1.807) is 11.9 Å². The van der Waals surface area contributed by atoms with Crippen molar-refractivity contribution in [3.05, 3.63) is 22.4 Å². The van der Waals surface area contributed by atoms with Gasteiger partial charge in [-0.2, -0.15) is 0 Å². The van der Waals surface area contributed by atoms with Crippen LogP contribution in [0.25, 0.3) is 0 Å². The average Bonchev–Trinajstić information content (AvgIpc) is 2.49. The molecule has 2 aliphatic rings. The lowest BCUT2D eigenvalue weighted by Crippen LogP contribution is -2.24. The van der Waals surface area contributed by atoms with Crippen molar-refractivity contribution < 1.29 is 9.59 Å². The monoisotopic (exact) mass is 205 g/mol. The third kappa shape index (κ3) is 0.954. The third-order valence-corrected chi connectivity index (χ3v) is 3.74. The first-order chi connectivity index (χ1) is 6.80. The van der Waals surface area contributed by atoms with Crippen molar-refractivity contribution in [1.82, 2.24) is 4.90 Å². The Labute approximate surface area is 89.4 Å². The van der Waals surface area contributed by atoms with E-state index >= 15 is 0 Å². The highest BCUT2D eigenvalue weighted by molar-refractivity contribution is 6.22. The van der Waals surface area contributed by atoms with Crippen LogP contribution in [0, 0.1) is 5.41 Å². The van der Waals surface area contributed by atoms with Gasteiger partial charge in [0.15, 0.2) is 5.78 Å². The number of ketones is 1. The second-order valence-corrected chi connectivity index (χ2v) is 4.78. The number of rotatable bonds is 0. The van der Waals surface area contributed by atoms with Crippen LogP contribution in [0.4, 0.5) is 0 Å². The first-order valence-electron chi connectivity index (χ1n) is 5.05. The lowest BCUT2D eigenvalue weighted by Gasteiger charge is -2.20. The molecule has 1 heterocycles. The molecule has 3 heteroatoms. The molecule has 0 unspecified atom stereocenters. The summed E-state index contributed by atoms with van der Waals surface area (Å²) in [4.78, 5) is 25.6. The van der Waals surface area contributed by atoms with Gasteiger partial charge in [0, 0.05) is 18.2 Å². The van der Waals surface area contributed by atoms with Gasteiger partial charge in [-0.15, -0.1) is 0 Å². The van der Waals surface area contributed by atoms with E-state index in [4.69, 9.17) is 0 Å². The van der Waals surface area contributed by atoms with E-state index in [-0.39, 0.29) is 11.7 Å². The maximum Gasteiger partial charge on any atom is 0.258 e. The van der Waals surface area contributed by atoms with E-state index in [9.17, 15) is 9.59 Å². The van der Waals surface area contributed by atoms with Crippen molar-refractivity contribution in [3.8, 4) is 0 Å². The molecule has 0 N–H and O–H groups in total. The molecule has 0 fully saturated rings. The van der Waals surface area contributed by atoms with Crippen LogP contribution in [0.15, 0.2) is 22.4 Å². The highest BCUT2D eigenvalue weighted by atomic mass is 16.2. The average molecular weight is 205 g/mol. The van der Waals surface area contributed by atoms with Crippen LogP contribution in [0.1, 0.15) is 27.7 Å². The van der Waals surface area contributed by atoms with Crippen LogP contribution >= 0.6 is 0 Å². The Morgan fingerprint density at radius 3 is 2.07 bits per heavy atom. The Kier molecular flexibility index (Phi) is 1.76. The fraction of sp³-hybridized carbons (Fsp3) is 0.500. The van der Waals surface area contributed by atoms with Gasteiger partial charge in [-0.25, -0.2) is 0 Å². The van der Waals surface area contributed by atoms with Gasteiger partial charge in [0.1, 0.15) is 0 Å². The van der Waals surface area contributed by atoms with Crippen molar-refractivity contribution in [2.24, 2.45) is 5.41 Å². The molecule has 2 rings (SSSR count). The van der Waals surface area contributed by atoms with Crippen molar-refractivity contribution >= 4 is 11.7 Å². The summed E-state index contributed by atoms with van der Waals surface area (Å²) in [6.45, 7) is 7.46. The molecule has 1 amide bonds. The highest BCUT2D eigenvalue weighted by Crippen LogP contribution is 2.47. The first-order valence-corrected chi connectivity index (χ1v) is 5.05. The zero-order valence-electron chi connectivity index (χ0n) is 9.76. The minimum Gasteiger partial charge on any atom is -0.315 e. The van der Waals surface area contributed by atoms with E-state index in [1.165, 1.54) is 0 Å². The summed E-state index contributed by atoms with van der Waals surface area (Å²) in [5.41, 5.74) is 2.43. The zero-order valence-corrected chi connectivity index (χ0v) is 9.76. The molecule has 80 valence electrons. The fourth-order valence-corrected chi connectivity index (χ4v) is 2.20. The van der Waals surface area contributed by atoms with Gasteiger partial charge < -0.3 is 4.90 Å². The van der Waals surface area contributed by atoms with Gasteiger partial charge in [-0.05, 0) is 33.3 Å². The van der Waals surface area contributed by atoms with Crippen LogP contribution in [-0.4, -0.2) is 23.6 Å². The summed E-state index contributed by atoms with van der Waals surface area (Å²) < 4.78 is 0. The molecule has 0 aromatic rings. The lowest BCUT2D eigenvalue weighted by molar-refractivity contribution is -0.123. The SMILES string of the molecule is CC1=C2C(=O)C(C)(C)C(C)=C2C(=O)N1C. The molecular formula is C12H15NO2. The number of Topliss-reactive ketones (excluding diaryl/α,β-unsaturated/α-hetero) is 1. The normalized spacial score (nSPS) is 24.5. The summed E-state index contributed by atoms with van der Waals surface area (Å²) in [7, 11) is 1.71. The Morgan fingerprint density at radius 2 is 1.60 bits per heavy atom. The van der Waals surface area contributed by atoms with Crippen molar-refractivity contribution in [1.29, 1.82) is 0 Å². The topological polar surface area (TPSA) is 37.4 Å². The predicted molar refractivity (Wildman–Crippen MR) is 57.0 cm³/mol. The largest absolute Gasteiger partial charge is 0.315 e. The summed E-state index contributed by atoms with van der Waals surface area (Å²) in [6, 6.07) is 0. The van der Waals surface area contributed by atoms with Crippen molar-refractivity contribution in [2.75, 3.05) is 7.05 Å². The molecule has 0 saturated carbocycles. The lowest BCUT2D eigenvalue weighted by atomic mass is 9.84. The number of amides is 1. The molecule has 0 atom stereocenters. The number of likely N-dealkylation sites (N-methyl/N-ethyl adjacent to an activating group) is 1. The number of nitrogens with zero attached hydrogens (tertiary/aromatic N) is 1. The van der Waals surface area contributed by atoms with E-state index in [0.29, 0.717) is 11.1 Å². The van der Waals surface area contributed by atoms with Crippen LogP contribution < -0.4 is 0 Å². The Balaban J connectivity index is 2.74. The molecule has 0 aromatic heterocycles. The van der Waals surface area contributed by atoms with E-state index < -0.39 is 5.41 Å². The number of hydrogen-bond acceptors (Lipinski definition) is 2. The number of carbonyl (C=O) groups excluding carboxylic acids is 2. The Hall–Kier alpha value is -1.38. The van der Waals surface area contributed by atoms with Gasteiger partial charge in [-0.3, -0.25) is 9.59 Å². The third-order valence-electron chi connectivity index (χ3n) is 3.74. The first kappa shape index (κ1) is 10.1. The Bertz CT molecular complexity index is 452. The molecule has 0 bridgehead atoms. The smallest absolute Gasteiger partial charge is 0.258 e. The minimum absolute atomic E-state index is 0.0427. The molecule has 0 saturated heterocycles. The summed E-state index contributed by atoms with van der Waals surface area (Å²) in [5, 5.41) is 0. The number of hydrogen-bond donors (Lipinski definition) is 0. The summed E-state index contributed by atoms with van der Waals surface area (Å²) in [6.07, 6.45) is 0. The number of carbonyl (C=O) groups is 2. The molecule has 0 radical (unpaired) electrons. The quantitative estimate of drug-likeness (QED) is 0.603. The van der Waals surface area contributed by atoms with Gasteiger partial charge in [0.25, 0.3) is 5.91 Å². The number of fused-ring (bicyclic) bond motifs is 1. The predicted octanol–water partition coefficient (Wildman–Crippen LogP) is 1.66. The van der Waals surface area contributed by atoms with Crippen molar-refractivity contribution in [2.45, 2.75) is 27.7 Å². The van der Waals surface area contributed by atoms with Crippen LogP contribution in [-0.2, 0) is 9.59 Å². The second-order valence-electron chi connectivity index (χ2n) is 4.78. The summed E-state index contributed by atoms with van der Waals surface area (Å²) in [5.74, 6) is 0.0316. The van der Waals surface area contributed by atoms with Gasteiger partial charge >= 0.3 is 0 Å². The van der Waals surface area contributed by atoms with E-state index in [1.807, 2.05) is 27.7 Å². The standard InChI is InChI=1S/C12H15NO2/c1-6-8-9(10(14)12(6,3)4)7(2)13(5)11(8)15/h1-5H3. The molecule has 0 spiro atoms. The highest BCUT2D eigenvalue weighted by Gasteiger charge is 2.49. The molecule has 3 nitrogen and oxygen atoms in total. The summed E-state index contributed by atoms with van der Waals surface area (Å²) >= 11 is 0. The Morgan fingerprint density at radius 1 is 1.07 bits per heavy atom. The molecule has 1 aliphatic heterocycles. The second kappa shape index (κ2) is 2.60. The van der Waals surface area contributed by atoms with Gasteiger partial charge in [0.05, 0.1) is 11.1 Å². The van der Waals surface area contributed by atoms with Crippen LogP contribution in [0.3, 0.4) is 0 Å². The maximum atomic E-state index is 12.1.